The fraction of sp³-hybridized carbons (Fsp3) is 0.379. The van der Waals surface area contributed by atoms with Gasteiger partial charge in [0.1, 0.15) is 6.15 Å². The molecule has 92 heavy (non-hydrogen) atoms. The van der Waals surface area contributed by atoms with Crippen LogP contribution >= 0.6 is 0 Å². The first-order valence-corrected chi connectivity index (χ1v) is 29.1. The van der Waals surface area contributed by atoms with Crippen LogP contribution in [0.5, 0.6) is 0 Å². The lowest BCUT2D eigenvalue weighted by molar-refractivity contribution is -0.688. The van der Waals surface area contributed by atoms with E-state index in [4.69, 9.17) is 0 Å². The van der Waals surface area contributed by atoms with Crippen molar-refractivity contribution in [2.24, 2.45) is 0 Å². The highest BCUT2D eigenvalue weighted by atomic mass is 19.4. The van der Waals surface area contributed by atoms with Crippen LogP contribution in [0.4, 0.5) is 105 Å². The summed E-state index contributed by atoms with van der Waals surface area (Å²) in [5.41, 5.74) is -27.5. The maximum atomic E-state index is 14.2. The van der Waals surface area contributed by atoms with Gasteiger partial charge < -0.3 is 0 Å². The van der Waals surface area contributed by atoms with Crippen LogP contribution in [0.25, 0.3) is 16.8 Å². The molecule has 1 aromatic heterocycles. The Labute approximate surface area is 514 Å². The molecule has 26 heteroatoms. The fourth-order valence-electron chi connectivity index (χ4n) is 11.1. The average Bonchev–Trinajstić information content (AvgIpc) is 0.709. The lowest BCUT2D eigenvalue weighted by Gasteiger charge is -2.46. The number of fused-ring (bicyclic) bond motifs is 1. The maximum absolute atomic E-state index is 14.2. The van der Waals surface area contributed by atoms with E-state index < -0.39 is 195 Å². The van der Waals surface area contributed by atoms with Crippen LogP contribution in [0.15, 0.2) is 146 Å². The van der Waals surface area contributed by atoms with Gasteiger partial charge in [-0.15, -0.1) is 0 Å². The molecule has 0 aliphatic rings. The summed E-state index contributed by atoms with van der Waals surface area (Å²) in [6, 6.07) is 12.9. The van der Waals surface area contributed by atoms with Crippen LogP contribution in [0, 0.1) is 0 Å². The normalized spacial score (nSPS) is 13.3. The van der Waals surface area contributed by atoms with E-state index in [1.165, 1.54) is 118 Å². The Morgan fingerprint density at radius 3 is 0.913 bits per heavy atom. The number of nitrogens with zero attached hydrogens (tertiary/aromatic N) is 1. The minimum absolute atomic E-state index is 0.691. The van der Waals surface area contributed by atoms with Crippen LogP contribution in [0.2, 0.25) is 0 Å². The molecule has 0 aliphatic heterocycles. The van der Waals surface area contributed by atoms with E-state index in [0.29, 0.717) is 0 Å². The van der Waals surface area contributed by atoms with Crippen molar-refractivity contribution in [2.75, 3.05) is 0 Å². The summed E-state index contributed by atoms with van der Waals surface area (Å²) >= 11 is 0. The molecular weight excluding hydrogens is 1270 g/mol. The first kappa shape index (κ1) is 73.9. The zero-order chi connectivity index (χ0) is 68.3. The Balaban J connectivity index is 0.000000328. The first-order valence-electron chi connectivity index (χ1n) is 29.1. The van der Waals surface area contributed by atoms with Gasteiger partial charge in [-0.05, 0) is 48.6 Å². The van der Waals surface area contributed by atoms with Gasteiger partial charge in [0, 0.05) is 17.7 Å². The van der Waals surface area contributed by atoms with Gasteiger partial charge in [-0.25, -0.2) is 0 Å². The molecule has 0 unspecified atom stereocenters. The van der Waals surface area contributed by atoms with Gasteiger partial charge in [-0.1, -0.05) is 194 Å². The highest BCUT2D eigenvalue weighted by Gasteiger charge is 2.47. The van der Waals surface area contributed by atoms with Crippen LogP contribution in [0.3, 0.4) is 0 Å². The number of halogens is 24. The van der Waals surface area contributed by atoms with Crippen LogP contribution in [-0.4, -0.2) is 6.15 Å². The van der Waals surface area contributed by atoms with Crippen molar-refractivity contribution in [3.63, 3.8) is 0 Å². The molecule has 0 fully saturated rings. The molecule has 500 valence electrons. The van der Waals surface area contributed by atoms with E-state index in [2.05, 4.69) is 90.5 Å². The molecule has 0 radical (unpaired) electrons. The molecule has 0 saturated carbocycles. The van der Waals surface area contributed by atoms with Gasteiger partial charge >= 0.3 is 49.4 Å². The molecule has 0 aliphatic carbocycles. The number of hydrogen-bond donors (Lipinski definition) is 0. The second-order valence-corrected chi connectivity index (χ2v) is 22.4. The maximum Gasteiger partial charge on any atom is 0.416 e. The fourth-order valence-corrected chi connectivity index (χ4v) is 11.1. The first-order chi connectivity index (χ1) is 42.6. The summed E-state index contributed by atoms with van der Waals surface area (Å²) < 4.78 is 343. The van der Waals surface area contributed by atoms with Crippen molar-refractivity contribution in [2.45, 2.75) is 159 Å². The topological polar surface area (TPSA) is 3.88 Å². The van der Waals surface area contributed by atoms with Gasteiger partial charge in [0.15, 0.2) is 12.7 Å². The zero-order valence-corrected chi connectivity index (χ0v) is 48.8. The van der Waals surface area contributed by atoms with E-state index in [9.17, 15) is 105 Å². The molecule has 0 amide bonds. The van der Waals surface area contributed by atoms with Crippen LogP contribution in [-0.2, 0) is 56.0 Å². The van der Waals surface area contributed by atoms with E-state index in [0.717, 1.165) is 6.54 Å². The molecule has 0 atom stereocenters. The standard InChI is InChI=1S/C34H48N.C32H12BF24/c1-2-3-4-5-6-7-8-9-10-11-12-13-14-15-16-20-27-34-33-26-22-21-25-32(33)28-29-35(34)30-31-23-18-17-19-24-31;34-25(35,36)13-1-14(26(37,38)39)6-21(5-13)33(22-7-15(27(40,41)42)2-16(8-22)28(43,44)45,23-9-17(29(46,47)48)3-18(10-23)30(49,50)51)24-11-19(31(52,53)54)4-20(12-24)32(55,56)57/h17-29H,2-16,30H2,1H3;1-12H/q+1;-1. The molecule has 1 nitrogen and oxygen atoms in total. The summed E-state index contributed by atoms with van der Waals surface area (Å²) in [6.07, 6.45) is -26.8. The second kappa shape index (κ2) is 29.9. The van der Waals surface area contributed by atoms with Crippen molar-refractivity contribution in [3.8, 4) is 0 Å². The Morgan fingerprint density at radius 1 is 0.326 bits per heavy atom. The van der Waals surface area contributed by atoms with Crippen molar-refractivity contribution in [1.82, 2.24) is 0 Å². The van der Waals surface area contributed by atoms with Crippen LogP contribution in [0.1, 0.15) is 159 Å². The minimum atomic E-state index is -6.13. The molecule has 7 aromatic rings. The third-order valence-corrected chi connectivity index (χ3v) is 15.6. The summed E-state index contributed by atoms with van der Waals surface area (Å²) in [6.45, 7) is 3.20. The van der Waals surface area contributed by atoms with Crippen molar-refractivity contribution in [3.05, 3.63) is 201 Å². The number of unbranched alkanes of at least 4 members (excludes halogenated alkanes) is 14. The molecule has 0 spiro atoms. The van der Waals surface area contributed by atoms with Gasteiger partial charge in [-0.3, -0.25) is 0 Å². The smallest absolute Gasteiger partial charge is 0.194 e. The van der Waals surface area contributed by atoms with Gasteiger partial charge in [0.05, 0.1) is 49.9 Å². The number of hydrogen-bond acceptors (Lipinski definition) is 0. The van der Waals surface area contributed by atoms with Crippen LogP contribution < -0.4 is 26.4 Å². The molecule has 0 bridgehead atoms. The highest BCUT2D eigenvalue weighted by Crippen LogP contribution is 2.42. The van der Waals surface area contributed by atoms with Gasteiger partial charge in [0.2, 0.25) is 5.69 Å². The summed E-state index contributed by atoms with van der Waals surface area (Å²) in [5.74, 6) is 0. The van der Waals surface area contributed by atoms with Gasteiger partial charge in [0.25, 0.3) is 0 Å². The molecule has 0 saturated heterocycles. The molecule has 6 aromatic carbocycles. The molecular formula is C66H60BF24N. The zero-order valence-electron chi connectivity index (χ0n) is 48.8. The Kier molecular flexibility index (Phi) is 24.0. The number of benzene rings is 6. The third-order valence-electron chi connectivity index (χ3n) is 15.6. The summed E-state index contributed by atoms with van der Waals surface area (Å²) in [7, 11) is 0. The average molecular weight is 1330 g/mol. The van der Waals surface area contributed by atoms with Gasteiger partial charge in [-0.2, -0.15) is 132 Å². The predicted octanol–water partition coefficient (Wildman–Crippen LogP) is 21.3. The predicted molar refractivity (Wildman–Crippen MR) is 304 cm³/mol. The summed E-state index contributed by atoms with van der Waals surface area (Å²) in [5, 5.41) is 2.65. The Morgan fingerprint density at radius 2 is 0.609 bits per heavy atom. The number of rotatable bonds is 22. The Hall–Kier alpha value is -7.15. The number of aromatic nitrogens is 1. The second-order valence-electron chi connectivity index (χ2n) is 22.4. The Bertz CT molecular complexity index is 3130. The van der Waals surface area contributed by atoms with E-state index in [-0.39, 0.29) is 0 Å². The lowest BCUT2D eigenvalue weighted by atomic mass is 9.12. The lowest BCUT2D eigenvalue weighted by Crippen LogP contribution is -2.75. The number of alkyl halides is 24. The van der Waals surface area contributed by atoms with Crippen molar-refractivity contribution < 1.29 is 110 Å². The third kappa shape index (κ3) is 19.9. The monoisotopic (exact) mass is 1330 g/mol. The highest BCUT2D eigenvalue weighted by molar-refractivity contribution is 7.20. The van der Waals surface area contributed by atoms with Crippen molar-refractivity contribution >= 4 is 44.8 Å². The molecule has 1 heterocycles. The minimum Gasteiger partial charge on any atom is -0.194 e. The summed E-state index contributed by atoms with van der Waals surface area (Å²) in [4.78, 5) is 0. The largest absolute Gasteiger partial charge is 0.416 e. The quantitative estimate of drug-likeness (QED) is 0.0276. The number of allylic oxidation sites excluding steroid dienone is 1. The molecule has 0 N–H and O–H groups in total. The number of pyridine rings is 1. The van der Waals surface area contributed by atoms with E-state index in [1.54, 1.807) is 0 Å². The van der Waals surface area contributed by atoms with E-state index >= 15 is 0 Å². The molecule has 7 rings (SSSR count). The SMILES string of the molecule is CCCCCCCCCCCCCCCCC=Cc1c2ccccc2cc[n+]1Cc1ccccc1.FC(F)(F)c1cc([B-](c2cc(C(F)(F)F)cc(C(F)(F)F)c2)(c2cc(C(F)(F)F)cc(C(F)(F)F)c2)c2cc(C(F)(F)F)cc(C(F)(F)F)c2)cc(C(F)(F)F)c1. The van der Waals surface area contributed by atoms with Crippen molar-refractivity contribution in [1.29, 1.82) is 0 Å². The van der Waals surface area contributed by atoms with E-state index in [1.807, 2.05) is 0 Å².